The molecular formula is C34H49ClF3N. The number of hydrogen-bond donors (Lipinski definition) is 0. The maximum Gasteiger partial charge on any atom is 0.416 e. The molecule has 5 heteroatoms. The molecule has 218 valence electrons. The van der Waals surface area contributed by atoms with Crippen LogP contribution >= 0.6 is 11.6 Å². The van der Waals surface area contributed by atoms with E-state index in [1.54, 1.807) is 13.0 Å². The third-order valence-corrected chi connectivity index (χ3v) is 6.47. The summed E-state index contributed by atoms with van der Waals surface area (Å²) in [4.78, 5) is 2.55. The molecule has 1 aliphatic rings. The summed E-state index contributed by atoms with van der Waals surface area (Å²) in [6, 6.07) is 20.6. The van der Waals surface area contributed by atoms with Gasteiger partial charge in [0.1, 0.15) is 0 Å². The average Bonchev–Trinajstić information content (AvgIpc) is 3.34. The Morgan fingerprint density at radius 1 is 0.846 bits per heavy atom. The number of alkyl halides is 3. The number of likely N-dealkylation sites (tertiary alicyclic amines) is 1. The van der Waals surface area contributed by atoms with E-state index in [0.29, 0.717) is 12.0 Å². The molecule has 39 heavy (non-hydrogen) atoms. The number of aryl methyl sites for hydroxylation is 4. The number of rotatable bonds is 3. The molecule has 1 unspecified atom stereocenters. The lowest BCUT2D eigenvalue weighted by atomic mass is 10.1. The average molecular weight is 564 g/mol. The molecule has 1 saturated heterocycles. The maximum atomic E-state index is 12.2. The number of nitrogens with zero attached hydrogens (tertiary/aromatic N) is 1. The first-order valence-electron chi connectivity index (χ1n) is 14.1. The van der Waals surface area contributed by atoms with Crippen LogP contribution in [0.1, 0.15) is 81.3 Å². The van der Waals surface area contributed by atoms with Crippen molar-refractivity contribution in [2.45, 2.75) is 87.9 Å². The van der Waals surface area contributed by atoms with Crippen molar-refractivity contribution < 1.29 is 13.2 Å². The summed E-state index contributed by atoms with van der Waals surface area (Å²) in [7, 11) is 0. The van der Waals surface area contributed by atoms with Crippen molar-refractivity contribution in [3.63, 3.8) is 0 Å². The van der Waals surface area contributed by atoms with Gasteiger partial charge in [0.25, 0.3) is 0 Å². The van der Waals surface area contributed by atoms with Gasteiger partial charge in [0.2, 0.25) is 0 Å². The molecule has 3 aromatic rings. The van der Waals surface area contributed by atoms with Crippen LogP contribution in [-0.4, -0.2) is 18.0 Å². The minimum absolute atomic E-state index is 0.352. The fourth-order valence-electron chi connectivity index (χ4n) is 3.92. The number of benzene rings is 3. The van der Waals surface area contributed by atoms with Gasteiger partial charge in [-0.3, -0.25) is 4.90 Å². The molecule has 0 aliphatic carbocycles. The van der Waals surface area contributed by atoms with Gasteiger partial charge in [-0.15, -0.1) is 0 Å². The summed E-state index contributed by atoms with van der Waals surface area (Å²) >= 11 is 5.81. The van der Waals surface area contributed by atoms with Crippen LogP contribution in [0.4, 0.5) is 13.2 Å². The van der Waals surface area contributed by atoms with Gasteiger partial charge in [0.05, 0.1) is 5.56 Å². The largest absolute Gasteiger partial charge is 0.416 e. The first-order chi connectivity index (χ1) is 18.5. The van der Waals surface area contributed by atoms with E-state index >= 15 is 0 Å². The Bertz CT molecular complexity index is 1050. The normalized spacial score (nSPS) is 14.3. The summed E-state index contributed by atoms with van der Waals surface area (Å²) < 4.78 is 36.7. The van der Waals surface area contributed by atoms with Crippen molar-refractivity contribution in [2.24, 2.45) is 5.92 Å². The second-order valence-electron chi connectivity index (χ2n) is 9.38. The predicted octanol–water partition coefficient (Wildman–Crippen LogP) is 11.1. The molecule has 0 radical (unpaired) electrons. The molecule has 0 N–H and O–H groups in total. The molecule has 4 rings (SSSR count). The SMILES string of the molecule is CC.CC.CCc1ccccc1C(F)(F)F.Cc1ccc(C)c(Cl)c1.Cc1ccc(CN2CCC(C)C2)cc1. The Morgan fingerprint density at radius 3 is 1.85 bits per heavy atom. The van der Waals surface area contributed by atoms with Gasteiger partial charge in [-0.1, -0.05) is 113 Å². The third-order valence-electron chi connectivity index (χ3n) is 6.07. The maximum absolute atomic E-state index is 12.2. The van der Waals surface area contributed by atoms with E-state index in [1.807, 2.05) is 53.7 Å². The van der Waals surface area contributed by atoms with Crippen LogP contribution in [0.2, 0.25) is 5.02 Å². The molecule has 1 aliphatic heterocycles. The molecule has 0 aromatic heterocycles. The van der Waals surface area contributed by atoms with E-state index in [0.717, 1.165) is 29.1 Å². The van der Waals surface area contributed by atoms with Gasteiger partial charge in [-0.25, -0.2) is 0 Å². The zero-order chi connectivity index (χ0) is 30.0. The van der Waals surface area contributed by atoms with E-state index in [4.69, 9.17) is 11.6 Å². The van der Waals surface area contributed by atoms with Crippen molar-refractivity contribution in [3.05, 3.63) is 105 Å². The predicted molar refractivity (Wildman–Crippen MR) is 165 cm³/mol. The van der Waals surface area contributed by atoms with Crippen LogP contribution in [0.25, 0.3) is 0 Å². The Morgan fingerprint density at radius 2 is 1.41 bits per heavy atom. The van der Waals surface area contributed by atoms with Crippen LogP contribution in [-0.2, 0) is 19.1 Å². The molecule has 1 atom stereocenters. The molecule has 1 fully saturated rings. The monoisotopic (exact) mass is 563 g/mol. The van der Waals surface area contributed by atoms with Crippen molar-refractivity contribution in [2.75, 3.05) is 13.1 Å². The first kappa shape index (κ1) is 36.7. The quantitative estimate of drug-likeness (QED) is 0.306. The number of hydrogen-bond acceptors (Lipinski definition) is 1. The summed E-state index contributed by atoms with van der Waals surface area (Å²) in [5, 5.41) is 0.856. The minimum Gasteiger partial charge on any atom is -0.299 e. The van der Waals surface area contributed by atoms with Gasteiger partial charge >= 0.3 is 6.18 Å². The second kappa shape index (κ2) is 19.7. The lowest BCUT2D eigenvalue weighted by Crippen LogP contribution is -2.19. The highest BCUT2D eigenvalue weighted by atomic mass is 35.5. The highest BCUT2D eigenvalue weighted by Gasteiger charge is 2.32. The van der Waals surface area contributed by atoms with Crippen LogP contribution in [0.5, 0.6) is 0 Å². The fourth-order valence-corrected chi connectivity index (χ4v) is 4.16. The van der Waals surface area contributed by atoms with Crippen LogP contribution in [0, 0.1) is 26.7 Å². The third kappa shape index (κ3) is 14.6. The van der Waals surface area contributed by atoms with Gasteiger partial charge in [-0.05, 0) is 80.5 Å². The van der Waals surface area contributed by atoms with Crippen molar-refractivity contribution in [1.82, 2.24) is 4.90 Å². The van der Waals surface area contributed by atoms with E-state index in [1.165, 1.54) is 48.3 Å². The lowest BCUT2D eigenvalue weighted by molar-refractivity contribution is -0.138. The molecular weight excluding hydrogens is 515 g/mol. The first-order valence-corrected chi connectivity index (χ1v) is 14.5. The molecule has 0 bridgehead atoms. The molecule has 0 amide bonds. The number of halogens is 4. The van der Waals surface area contributed by atoms with Crippen molar-refractivity contribution in [1.29, 1.82) is 0 Å². The zero-order valence-corrected chi connectivity index (χ0v) is 26.2. The zero-order valence-electron chi connectivity index (χ0n) is 25.4. The standard InChI is InChI=1S/C13H19N.C9H9F3.C8H9Cl.2C2H6/c1-11-3-5-13(6-4-11)10-14-8-7-12(2)9-14;1-2-7-5-3-4-6-8(7)9(10,11)12;1-6-3-4-7(2)8(9)5-6;2*1-2/h3-6,12H,7-10H2,1-2H3;3-6H,2H2,1H3;3-5H,1-2H3;2*1-2H3. The van der Waals surface area contributed by atoms with Crippen LogP contribution in [0.15, 0.2) is 66.7 Å². The molecule has 0 spiro atoms. The van der Waals surface area contributed by atoms with Crippen LogP contribution < -0.4 is 0 Å². The van der Waals surface area contributed by atoms with Crippen LogP contribution in [0.3, 0.4) is 0 Å². The van der Waals surface area contributed by atoms with Gasteiger partial charge in [0.15, 0.2) is 0 Å². The smallest absolute Gasteiger partial charge is 0.299 e. The molecule has 1 heterocycles. The Kier molecular flexibility index (Phi) is 18.5. The highest BCUT2D eigenvalue weighted by Crippen LogP contribution is 2.31. The molecule has 3 aromatic carbocycles. The molecule has 1 nitrogen and oxygen atoms in total. The summed E-state index contributed by atoms with van der Waals surface area (Å²) in [5.41, 5.74) is 4.98. The Labute approximate surface area is 241 Å². The van der Waals surface area contributed by atoms with Gasteiger partial charge < -0.3 is 0 Å². The molecule has 0 saturated carbocycles. The second-order valence-corrected chi connectivity index (χ2v) is 9.78. The van der Waals surface area contributed by atoms with Gasteiger partial charge in [0, 0.05) is 18.1 Å². The van der Waals surface area contributed by atoms with E-state index < -0.39 is 11.7 Å². The lowest BCUT2D eigenvalue weighted by Gasteiger charge is -2.15. The van der Waals surface area contributed by atoms with Crippen molar-refractivity contribution >= 4 is 11.6 Å². The topological polar surface area (TPSA) is 3.24 Å². The Hall–Kier alpha value is -2.30. The van der Waals surface area contributed by atoms with Crippen molar-refractivity contribution in [3.8, 4) is 0 Å². The minimum atomic E-state index is -4.22. The Balaban J connectivity index is 0.000000531. The van der Waals surface area contributed by atoms with Gasteiger partial charge in [-0.2, -0.15) is 13.2 Å². The summed E-state index contributed by atoms with van der Waals surface area (Å²) in [5.74, 6) is 0.889. The van der Waals surface area contributed by atoms with E-state index in [2.05, 4.69) is 49.1 Å². The van der Waals surface area contributed by atoms with E-state index in [-0.39, 0.29) is 0 Å². The summed E-state index contributed by atoms with van der Waals surface area (Å²) in [6.45, 7) is 21.9. The highest BCUT2D eigenvalue weighted by molar-refractivity contribution is 6.31. The fraction of sp³-hybridized carbons (Fsp3) is 0.471. The van der Waals surface area contributed by atoms with E-state index in [9.17, 15) is 13.2 Å². The summed E-state index contributed by atoms with van der Waals surface area (Å²) in [6.07, 6.45) is -2.44.